The molecular weight excluding hydrogens is 210 g/mol. The molecular formula is C11H19NO4. The average Bonchev–Trinajstić information content (AvgIpc) is 2.73. The number of aliphatic carboxylic acids is 1. The van der Waals surface area contributed by atoms with Crippen LogP contribution in [0.15, 0.2) is 0 Å². The van der Waals surface area contributed by atoms with Crippen LogP contribution in [0.4, 0.5) is 0 Å². The highest BCUT2D eigenvalue weighted by atomic mass is 16.4. The third-order valence-corrected chi connectivity index (χ3v) is 3.40. The van der Waals surface area contributed by atoms with Gasteiger partial charge >= 0.3 is 5.97 Å². The second-order valence-corrected chi connectivity index (χ2v) is 4.43. The monoisotopic (exact) mass is 229 g/mol. The summed E-state index contributed by atoms with van der Waals surface area (Å²) in [7, 11) is 0. The van der Waals surface area contributed by atoms with Crippen molar-refractivity contribution in [3.05, 3.63) is 0 Å². The molecule has 0 bridgehead atoms. The van der Waals surface area contributed by atoms with Gasteiger partial charge in [-0.25, -0.2) is 0 Å². The van der Waals surface area contributed by atoms with Crippen molar-refractivity contribution >= 4 is 11.9 Å². The van der Waals surface area contributed by atoms with Gasteiger partial charge in [-0.3, -0.25) is 9.59 Å². The van der Waals surface area contributed by atoms with Gasteiger partial charge in [0.15, 0.2) is 0 Å². The zero-order valence-corrected chi connectivity index (χ0v) is 9.72. The van der Waals surface area contributed by atoms with Crippen LogP contribution in [-0.2, 0) is 9.59 Å². The van der Waals surface area contributed by atoms with E-state index in [9.17, 15) is 9.59 Å². The van der Waals surface area contributed by atoms with E-state index in [1.165, 1.54) is 6.92 Å². The number of rotatable bonds is 4. The lowest BCUT2D eigenvalue weighted by Gasteiger charge is -2.27. The number of nitrogens with zero attached hydrogens (tertiary/aromatic N) is 1. The van der Waals surface area contributed by atoms with Crippen molar-refractivity contribution in [3.63, 3.8) is 0 Å². The van der Waals surface area contributed by atoms with Gasteiger partial charge in [0, 0.05) is 12.5 Å². The Morgan fingerprint density at radius 1 is 1.38 bits per heavy atom. The summed E-state index contributed by atoms with van der Waals surface area (Å²) in [4.78, 5) is 24.4. The van der Waals surface area contributed by atoms with Crippen molar-refractivity contribution < 1.29 is 19.8 Å². The van der Waals surface area contributed by atoms with Crippen LogP contribution < -0.4 is 0 Å². The Morgan fingerprint density at radius 2 is 2.00 bits per heavy atom. The van der Waals surface area contributed by atoms with E-state index in [1.54, 1.807) is 11.8 Å². The number of hydrogen-bond acceptors (Lipinski definition) is 3. The topological polar surface area (TPSA) is 77.8 Å². The molecule has 0 aliphatic carbocycles. The first-order valence-corrected chi connectivity index (χ1v) is 5.63. The van der Waals surface area contributed by atoms with Crippen molar-refractivity contribution in [1.29, 1.82) is 0 Å². The summed E-state index contributed by atoms with van der Waals surface area (Å²) in [5, 5.41) is 18.0. The summed E-state index contributed by atoms with van der Waals surface area (Å²) in [6.45, 7) is 3.75. The van der Waals surface area contributed by atoms with Crippen LogP contribution in [0.2, 0.25) is 0 Å². The van der Waals surface area contributed by atoms with Crippen molar-refractivity contribution in [2.45, 2.75) is 32.7 Å². The fraction of sp³-hybridized carbons (Fsp3) is 0.818. The van der Waals surface area contributed by atoms with E-state index >= 15 is 0 Å². The second kappa shape index (κ2) is 5.30. The SMILES string of the molecule is CC(C(=O)O)C(C)C(=O)N1CCCC1CO. The molecule has 0 aromatic carbocycles. The van der Waals surface area contributed by atoms with E-state index in [2.05, 4.69) is 0 Å². The number of aliphatic hydroxyl groups is 1. The lowest BCUT2D eigenvalue weighted by Crippen LogP contribution is -2.43. The van der Waals surface area contributed by atoms with Crippen LogP contribution in [0, 0.1) is 11.8 Å². The molecule has 1 aliphatic heterocycles. The molecule has 1 heterocycles. The van der Waals surface area contributed by atoms with E-state index in [4.69, 9.17) is 10.2 Å². The Hall–Kier alpha value is -1.10. The van der Waals surface area contributed by atoms with Crippen LogP contribution in [0.5, 0.6) is 0 Å². The minimum atomic E-state index is -0.958. The van der Waals surface area contributed by atoms with Gasteiger partial charge in [0.05, 0.1) is 18.6 Å². The quantitative estimate of drug-likeness (QED) is 0.728. The minimum absolute atomic E-state index is 0.0418. The van der Waals surface area contributed by atoms with Gasteiger partial charge in [-0.1, -0.05) is 13.8 Å². The molecule has 1 rings (SSSR count). The van der Waals surface area contributed by atoms with Crippen LogP contribution in [-0.4, -0.2) is 46.2 Å². The van der Waals surface area contributed by atoms with Gasteiger partial charge in [-0.05, 0) is 12.8 Å². The third kappa shape index (κ3) is 2.52. The lowest BCUT2D eigenvalue weighted by molar-refractivity contribution is -0.149. The summed E-state index contributed by atoms with van der Waals surface area (Å²) in [6.07, 6.45) is 1.68. The van der Waals surface area contributed by atoms with Crippen LogP contribution in [0.25, 0.3) is 0 Å². The molecule has 0 radical (unpaired) electrons. The summed E-state index contributed by atoms with van der Waals surface area (Å²) in [5.74, 6) is -2.34. The molecule has 16 heavy (non-hydrogen) atoms. The van der Waals surface area contributed by atoms with Crippen LogP contribution in [0.1, 0.15) is 26.7 Å². The fourth-order valence-electron chi connectivity index (χ4n) is 2.00. The highest BCUT2D eigenvalue weighted by Crippen LogP contribution is 2.22. The number of likely N-dealkylation sites (tertiary alicyclic amines) is 1. The first-order chi connectivity index (χ1) is 7.49. The smallest absolute Gasteiger partial charge is 0.307 e. The molecule has 5 heteroatoms. The maximum Gasteiger partial charge on any atom is 0.307 e. The number of carbonyl (C=O) groups excluding carboxylic acids is 1. The first kappa shape index (κ1) is 13.0. The number of carboxylic acids is 1. The van der Waals surface area contributed by atoms with E-state index < -0.39 is 17.8 Å². The van der Waals surface area contributed by atoms with Gasteiger partial charge in [0.1, 0.15) is 0 Å². The molecule has 3 atom stereocenters. The van der Waals surface area contributed by atoms with E-state index in [0.717, 1.165) is 12.8 Å². The molecule has 1 aliphatic rings. The normalized spacial score (nSPS) is 24.2. The van der Waals surface area contributed by atoms with E-state index in [0.29, 0.717) is 6.54 Å². The fourth-order valence-corrected chi connectivity index (χ4v) is 2.00. The molecule has 0 saturated carbocycles. The van der Waals surface area contributed by atoms with Crippen molar-refractivity contribution in [1.82, 2.24) is 4.90 Å². The zero-order chi connectivity index (χ0) is 12.3. The predicted molar refractivity (Wildman–Crippen MR) is 57.8 cm³/mol. The largest absolute Gasteiger partial charge is 0.481 e. The first-order valence-electron chi connectivity index (χ1n) is 5.63. The van der Waals surface area contributed by atoms with Gasteiger partial charge in [0.25, 0.3) is 0 Å². The highest BCUT2D eigenvalue weighted by Gasteiger charge is 2.34. The number of carboxylic acid groups (broad SMARTS) is 1. The van der Waals surface area contributed by atoms with Gasteiger partial charge < -0.3 is 15.1 Å². The van der Waals surface area contributed by atoms with E-state index in [-0.39, 0.29) is 18.6 Å². The maximum atomic E-state index is 12.0. The molecule has 1 saturated heterocycles. The highest BCUT2D eigenvalue weighted by molar-refractivity contribution is 5.84. The molecule has 0 spiro atoms. The number of amides is 1. The van der Waals surface area contributed by atoms with Gasteiger partial charge in [0.2, 0.25) is 5.91 Å². The number of carbonyl (C=O) groups is 2. The Labute approximate surface area is 95.1 Å². The van der Waals surface area contributed by atoms with Crippen molar-refractivity contribution in [2.24, 2.45) is 11.8 Å². The molecule has 1 amide bonds. The molecule has 0 aromatic rings. The second-order valence-electron chi connectivity index (χ2n) is 4.43. The van der Waals surface area contributed by atoms with Gasteiger partial charge in [-0.2, -0.15) is 0 Å². The van der Waals surface area contributed by atoms with Crippen LogP contribution in [0.3, 0.4) is 0 Å². The van der Waals surface area contributed by atoms with Crippen molar-refractivity contribution in [3.8, 4) is 0 Å². The summed E-state index contributed by atoms with van der Waals surface area (Å²) < 4.78 is 0. The summed E-state index contributed by atoms with van der Waals surface area (Å²) in [6, 6.07) is -0.129. The van der Waals surface area contributed by atoms with Gasteiger partial charge in [-0.15, -0.1) is 0 Å². The Balaban J connectivity index is 2.66. The Bertz CT molecular complexity index is 279. The summed E-state index contributed by atoms with van der Waals surface area (Å²) in [5.41, 5.74) is 0. The molecule has 92 valence electrons. The van der Waals surface area contributed by atoms with E-state index in [1.807, 2.05) is 0 Å². The number of aliphatic hydroxyl groups excluding tert-OH is 1. The molecule has 2 N–H and O–H groups in total. The molecule has 3 unspecified atom stereocenters. The van der Waals surface area contributed by atoms with Crippen LogP contribution >= 0.6 is 0 Å². The third-order valence-electron chi connectivity index (χ3n) is 3.40. The Morgan fingerprint density at radius 3 is 2.50 bits per heavy atom. The Kier molecular flexibility index (Phi) is 4.29. The van der Waals surface area contributed by atoms with Crippen molar-refractivity contribution in [2.75, 3.05) is 13.2 Å². The number of hydrogen-bond donors (Lipinski definition) is 2. The molecule has 1 fully saturated rings. The molecule has 5 nitrogen and oxygen atoms in total. The standard InChI is InChI=1S/C11H19NO4/c1-7(8(2)11(15)16)10(14)12-5-3-4-9(12)6-13/h7-9,13H,3-6H2,1-2H3,(H,15,16). The predicted octanol–water partition coefficient (Wildman–Crippen LogP) is 0.326. The lowest BCUT2D eigenvalue weighted by atomic mass is 9.94. The minimum Gasteiger partial charge on any atom is -0.481 e. The maximum absolute atomic E-state index is 12.0. The zero-order valence-electron chi connectivity index (χ0n) is 9.72. The summed E-state index contributed by atoms with van der Waals surface area (Å²) >= 11 is 0. The molecule has 0 aromatic heterocycles. The average molecular weight is 229 g/mol.